The Balaban J connectivity index is 3.71. The zero-order valence-electron chi connectivity index (χ0n) is 13.9. The van der Waals surface area contributed by atoms with Crippen molar-refractivity contribution in [3.05, 3.63) is 12.2 Å². The lowest BCUT2D eigenvalue weighted by atomic mass is 9.98. The van der Waals surface area contributed by atoms with E-state index < -0.39 is 11.9 Å². The maximum absolute atomic E-state index is 10.8. The Labute approximate surface area is 134 Å². The number of allylic oxidation sites excluding steroid dienone is 2. The molecule has 128 valence electrons. The van der Waals surface area contributed by atoms with Crippen molar-refractivity contribution in [3.63, 3.8) is 0 Å². The third-order valence-corrected chi connectivity index (χ3v) is 3.80. The van der Waals surface area contributed by atoms with Gasteiger partial charge in [0.1, 0.15) is 0 Å². The Morgan fingerprint density at radius 3 is 2.05 bits per heavy atom. The zero-order chi connectivity index (χ0) is 16.6. The highest BCUT2D eigenvalue weighted by molar-refractivity contribution is 5.68. The topological polar surface area (TPSA) is 74.6 Å². The van der Waals surface area contributed by atoms with Gasteiger partial charge in [-0.2, -0.15) is 0 Å². The molecule has 4 nitrogen and oxygen atoms in total. The average Bonchev–Trinajstić information content (AvgIpc) is 2.45. The van der Waals surface area contributed by atoms with Gasteiger partial charge in [0.05, 0.1) is 6.42 Å². The summed E-state index contributed by atoms with van der Waals surface area (Å²) in [5, 5.41) is 17.5. The van der Waals surface area contributed by atoms with E-state index in [1.54, 1.807) is 0 Å². The highest BCUT2D eigenvalue weighted by atomic mass is 16.4. The van der Waals surface area contributed by atoms with Gasteiger partial charge >= 0.3 is 11.9 Å². The molecular formula is C18H32O4. The molecule has 0 aliphatic heterocycles. The van der Waals surface area contributed by atoms with Gasteiger partial charge < -0.3 is 10.2 Å². The Hall–Kier alpha value is -1.32. The highest BCUT2D eigenvalue weighted by Gasteiger charge is 2.11. The van der Waals surface area contributed by atoms with Crippen LogP contribution < -0.4 is 0 Å². The van der Waals surface area contributed by atoms with E-state index in [9.17, 15) is 9.59 Å². The molecular weight excluding hydrogens is 280 g/mol. The lowest BCUT2D eigenvalue weighted by Crippen LogP contribution is -2.08. The van der Waals surface area contributed by atoms with Crippen LogP contribution in [0.4, 0.5) is 0 Å². The summed E-state index contributed by atoms with van der Waals surface area (Å²) in [6.07, 6.45) is 15.5. The predicted molar refractivity (Wildman–Crippen MR) is 89.0 cm³/mol. The summed E-state index contributed by atoms with van der Waals surface area (Å²) in [7, 11) is 0. The van der Waals surface area contributed by atoms with Crippen LogP contribution in [-0.4, -0.2) is 22.2 Å². The molecule has 0 amide bonds. The van der Waals surface area contributed by atoms with E-state index in [0.717, 1.165) is 12.8 Å². The van der Waals surface area contributed by atoms with E-state index >= 15 is 0 Å². The molecule has 0 aromatic heterocycles. The van der Waals surface area contributed by atoms with Gasteiger partial charge in [-0.1, -0.05) is 64.0 Å². The first-order valence-electron chi connectivity index (χ1n) is 8.66. The number of carboxylic acids is 2. The normalized spacial score (nSPS) is 12.6. The van der Waals surface area contributed by atoms with Crippen LogP contribution in [0.25, 0.3) is 0 Å². The van der Waals surface area contributed by atoms with Crippen LogP contribution in [0, 0.1) is 5.92 Å². The van der Waals surface area contributed by atoms with Gasteiger partial charge in [0, 0.05) is 6.42 Å². The summed E-state index contributed by atoms with van der Waals surface area (Å²) < 4.78 is 0. The van der Waals surface area contributed by atoms with Crippen LogP contribution in [0.2, 0.25) is 0 Å². The Bertz CT molecular complexity index is 323. The molecule has 0 bridgehead atoms. The van der Waals surface area contributed by atoms with Crippen LogP contribution in [0.15, 0.2) is 12.2 Å². The number of aliphatic carboxylic acids is 2. The van der Waals surface area contributed by atoms with Crippen molar-refractivity contribution in [1.82, 2.24) is 0 Å². The van der Waals surface area contributed by atoms with Crippen molar-refractivity contribution in [1.29, 1.82) is 0 Å². The minimum atomic E-state index is -0.869. The van der Waals surface area contributed by atoms with Gasteiger partial charge in [-0.25, -0.2) is 0 Å². The molecule has 1 atom stereocenters. The first-order valence-corrected chi connectivity index (χ1v) is 8.66. The number of unbranched alkanes of at least 4 members (excludes halogenated alkanes) is 8. The lowest BCUT2D eigenvalue weighted by Gasteiger charge is -2.08. The van der Waals surface area contributed by atoms with Gasteiger partial charge in [0.25, 0.3) is 0 Å². The molecule has 0 aliphatic carbocycles. The molecule has 0 saturated carbocycles. The predicted octanol–water partition coefficient (Wildman–Crippen LogP) is 5.03. The third kappa shape index (κ3) is 15.1. The van der Waals surface area contributed by atoms with Crippen molar-refractivity contribution in [2.24, 2.45) is 5.92 Å². The van der Waals surface area contributed by atoms with Crippen molar-refractivity contribution in [2.75, 3.05) is 0 Å². The minimum Gasteiger partial charge on any atom is -0.481 e. The minimum absolute atomic E-state index is 0.0151. The first kappa shape index (κ1) is 20.7. The van der Waals surface area contributed by atoms with Crippen LogP contribution in [0.3, 0.4) is 0 Å². The zero-order valence-corrected chi connectivity index (χ0v) is 13.9. The van der Waals surface area contributed by atoms with E-state index in [0.29, 0.717) is 6.42 Å². The van der Waals surface area contributed by atoms with Crippen LogP contribution in [-0.2, 0) is 9.59 Å². The molecule has 0 spiro atoms. The summed E-state index contributed by atoms with van der Waals surface area (Å²) >= 11 is 0. The number of hydrogen-bond donors (Lipinski definition) is 2. The summed E-state index contributed by atoms with van der Waals surface area (Å²) in [5.74, 6) is -1.90. The van der Waals surface area contributed by atoms with E-state index in [2.05, 4.69) is 6.92 Å². The number of hydrogen-bond acceptors (Lipinski definition) is 2. The molecule has 0 rings (SSSR count). The fourth-order valence-electron chi connectivity index (χ4n) is 2.48. The van der Waals surface area contributed by atoms with Crippen LogP contribution >= 0.6 is 0 Å². The van der Waals surface area contributed by atoms with Crippen molar-refractivity contribution < 1.29 is 19.8 Å². The van der Waals surface area contributed by atoms with Crippen molar-refractivity contribution in [3.8, 4) is 0 Å². The SMILES string of the molecule is CCCCCCCCCCC=CC(CCC(=O)O)CC(=O)O. The molecule has 1 unspecified atom stereocenters. The fraction of sp³-hybridized carbons (Fsp3) is 0.778. The molecule has 2 N–H and O–H groups in total. The molecule has 22 heavy (non-hydrogen) atoms. The van der Waals surface area contributed by atoms with Crippen LogP contribution in [0.1, 0.15) is 84.0 Å². The lowest BCUT2D eigenvalue weighted by molar-refractivity contribution is -0.140. The molecule has 0 heterocycles. The summed E-state index contributed by atoms with van der Waals surface area (Å²) in [6, 6.07) is 0. The molecule has 0 aromatic rings. The summed E-state index contributed by atoms with van der Waals surface area (Å²) in [5.41, 5.74) is 0. The molecule has 0 saturated heterocycles. The van der Waals surface area contributed by atoms with Gasteiger partial charge in [-0.15, -0.1) is 0 Å². The highest BCUT2D eigenvalue weighted by Crippen LogP contribution is 2.15. The molecule has 0 aromatic carbocycles. The molecule has 0 radical (unpaired) electrons. The smallest absolute Gasteiger partial charge is 0.303 e. The second kappa shape index (κ2) is 14.6. The number of rotatable bonds is 15. The van der Waals surface area contributed by atoms with Crippen molar-refractivity contribution in [2.45, 2.75) is 84.0 Å². The second-order valence-corrected chi connectivity index (χ2v) is 5.98. The quantitative estimate of drug-likeness (QED) is 0.328. The Morgan fingerprint density at radius 1 is 0.909 bits per heavy atom. The number of carbonyl (C=O) groups is 2. The van der Waals surface area contributed by atoms with Gasteiger partial charge in [-0.05, 0) is 25.2 Å². The Morgan fingerprint density at radius 2 is 1.50 bits per heavy atom. The largest absolute Gasteiger partial charge is 0.481 e. The first-order chi connectivity index (χ1) is 10.6. The monoisotopic (exact) mass is 312 g/mol. The van der Waals surface area contributed by atoms with Crippen LogP contribution in [0.5, 0.6) is 0 Å². The summed E-state index contributed by atoms with van der Waals surface area (Å²) in [6.45, 7) is 2.22. The maximum atomic E-state index is 10.8. The number of carboxylic acid groups (broad SMARTS) is 2. The molecule has 0 aliphatic rings. The van der Waals surface area contributed by atoms with Crippen molar-refractivity contribution >= 4 is 11.9 Å². The Kier molecular flexibility index (Phi) is 13.7. The average molecular weight is 312 g/mol. The van der Waals surface area contributed by atoms with Gasteiger partial charge in [0.15, 0.2) is 0 Å². The van der Waals surface area contributed by atoms with E-state index in [-0.39, 0.29) is 18.8 Å². The van der Waals surface area contributed by atoms with Gasteiger partial charge in [-0.3, -0.25) is 9.59 Å². The summed E-state index contributed by atoms with van der Waals surface area (Å²) in [4.78, 5) is 21.3. The van der Waals surface area contributed by atoms with Gasteiger partial charge in [0.2, 0.25) is 0 Å². The maximum Gasteiger partial charge on any atom is 0.303 e. The fourth-order valence-corrected chi connectivity index (χ4v) is 2.48. The second-order valence-electron chi connectivity index (χ2n) is 5.98. The van der Waals surface area contributed by atoms with E-state index in [1.807, 2.05) is 12.2 Å². The molecule has 4 heteroatoms. The standard InChI is InChI=1S/C18H32O4/c1-2-3-4-5-6-7-8-9-10-11-12-16(15-18(21)22)13-14-17(19)20/h11-12,16H,2-10,13-15H2,1H3,(H,19,20)(H,21,22). The molecule has 0 fully saturated rings. The van der Waals surface area contributed by atoms with E-state index in [4.69, 9.17) is 10.2 Å². The van der Waals surface area contributed by atoms with E-state index in [1.165, 1.54) is 44.9 Å². The third-order valence-electron chi connectivity index (χ3n) is 3.80.